The number of likely N-dealkylation sites (N-methyl/N-ethyl adjacent to an activating group) is 2. The van der Waals surface area contributed by atoms with E-state index in [1.165, 1.54) is 24.0 Å². The lowest BCUT2D eigenvalue weighted by molar-refractivity contribution is -0.142. The molecule has 14 heteroatoms. The molecule has 2 N–H and O–H groups in total. The van der Waals surface area contributed by atoms with Gasteiger partial charge in [0.1, 0.15) is 30.1 Å². The number of hydrogen-bond donors (Lipinski definition) is 2. The van der Waals surface area contributed by atoms with Gasteiger partial charge < -0.3 is 29.9 Å². The summed E-state index contributed by atoms with van der Waals surface area (Å²) in [6.07, 6.45) is -0.0195. The first-order chi connectivity index (χ1) is 25.2. The number of carbonyl (C=O) groups is 6. The molecule has 2 aromatic rings. The van der Waals surface area contributed by atoms with E-state index in [0.29, 0.717) is 19.5 Å². The highest BCUT2D eigenvalue weighted by molar-refractivity contribution is 6.27. The van der Waals surface area contributed by atoms with Crippen molar-refractivity contribution >= 4 is 35.4 Å². The SMILES string of the molecule is CNC1=C(N(CCOC)C(=O)CN2C[C@H]3C[C@H]2CN3C(=O)C(NC(=O)[C@H](C)N(C)C(=O)OCc2ccccc2)C(C)(C)C)C(=O)c2ccccc2C1=O. The van der Waals surface area contributed by atoms with Crippen molar-refractivity contribution in [1.82, 2.24) is 30.2 Å². The van der Waals surface area contributed by atoms with Crippen molar-refractivity contribution in [3.05, 3.63) is 82.7 Å². The standard InChI is InChI=1S/C39H50N6O8/c1-24(42(6)38(51)53-23-25-13-9-8-10-14-25)36(49)41-35(39(2,3)4)37(50)45-21-26-19-27(45)20-43(26)22-30(46)44(17-18-52-7)32-31(40-5)33(47)28-15-11-12-16-29(28)34(32)48/h8-16,24,26-27,35,40H,17-23H2,1-7H3,(H,41,49)/t24-,26-,27+,35?/m0/s1. The lowest BCUT2D eigenvalue weighted by Crippen LogP contribution is -2.61. The van der Waals surface area contributed by atoms with Gasteiger partial charge in [-0.15, -0.1) is 0 Å². The molecule has 2 heterocycles. The van der Waals surface area contributed by atoms with Crippen LogP contribution in [0.1, 0.15) is 60.4 Å². The minimum absolute atomic E-state index is 0.00694. The Bertz CT molecular complexity index is 1770. The second-order valence-corrected chi connectivity index (χ2v) is 14.8. The fourth-order valence-corrected chi connectivity index (χ4v) is 7.10. The quantitative estimate of drug-likeness (QED) is 0.314. The average Bonchev–Trinajstić information content (AvgIpc) is 3.75. The van der Waals surface area contributed by atoms with Crippen LogP contribution in [0, 0.1) is 5.41 Å². The summed E-state index contributed by atoms with van der Waals surface area (Å²) in [7, 11) is 4.53. The van der Waals surface area contributed by atoms with Crippen LogP contribution in [0.25, 0.3) is 0 Å². The molecule has 14 nitrogen and oxygen atoms in total. The number of nitrogens with one attached hydrogen (secondary N) is 2. The molecule has 284 valence electrons. The number of methoxy groups -OCH3 is 1. The number of benzene rings is 2. The van der Waals surface area contributed by atoms with Crippen LogP contribution in [-0.4, -0.2) is 133 Å². The first-order valence-electron chi connectivity index (χ1n) is 17.9. The van der Waals surface area contributed by atoms with E-state index in [1.807, 2.05) is 56.0 Å². The van der Waals surface area contributed by atoms with Crippen LogP contribution in [0.3, 0.4) is 0 Å². The molecular weight excluding hydrogens is 680 g/mol. The summed E-state index contributed by atoms with van der Waals surface area (Å²) in [5, 5.41) is 5.76. The number of hydrogen-bond acceptors (Lipinski definition) is 10. The summed E-state index contributed by atoms with van der Waals surface area (Å²) in [6.45, 7) is 8.22. The fourth-order valence-electron chi connectivity index (χ4n) is 7.10. The molecule has 0 saturated carbocycles. The summed E-state index contributed by atoms with van der Waals surface area (Å²) in [5.74, 6) is -1.88. The lowest BCUT2D eigenvalue weighted by Gasteiger charge is -2.40. The number of ether oxygens (including phenoxy) is 2. The highest BCUT2D eigenvalue weighted by Gasteiger charge is 2.49. The molecule has 4 atom stereocenters. The zero-order chi connectivity index (χ0) is 38.6. The van der Waals surface area contributed by atoms with Crippen molar-refractivity contribution < 1.29 is 38.2 Å². The molecule has 4 amide bonds. The molecule has 2 bridgehead atoms. The van der Waals surface area contributed by atoms with Gasteiger partial charge in [0.2, 0.25) is 29.3 Å². The van der Waals surface area contributed by atoms with Crippen LogP contribution in [0.5, 0.6) is 0 Å². The Morgan fingerprint density at radius 2 is 1.58 bits per heavy atom. The van der Waals surface area contributed by atoms with Crippen molar-refractivity contribution in [1.29, 1.82) is 0 Å². The third kappa shape index (κ3) is 8.28. The van der Waals surface area contributed by atoms with Gasteiger partial charge in [-0.2, -0.15) is 0 Å². The number of likely N-dealkylation sites (tertiary alicyclic amines) is 2. The van der Waals surface area contributed by atoms with Crippen LogP contribution >= 0.6 is 0 Å². The molecular formula is C39H50N6O8. The first kappa shape index (κ1) is 39.1. The number of nitrogens with zero attached hydrogens (tertiary/aromatic N) is 4. The number of ketones is 2. The third-order valence-corrected chi connectivity index (χ3v) is 10.3. The average molecular weight is 731 g/mol. The Labute approximate surface area is 310 Å². The van der Waals surface area contributed by atoms with Gasteiger partial charge in [-0.3, -0.25) is 33.8 Å². The molecule has 5 rings (SSSR count). The molecule has 0 aromatic heterocycles. The largest absolute Gasteiger partial charge is 0.445 e. The monoisotopic (exact) mass is 730 g/mol. The van der Waals surface area contributed by atoms with Gasteiger partial charge >= 0.3 is 6.09 Å². The molecule has 2 aromatic carbocycles. The second kappa shape index (κ2) is 16.3. The molecule has 2 aliphatic heterocycles. The van der Waals surface area contributed by atoms with Crippen molar-refractivity contribution in [2.24, 2.45) is 5.41 Å². The topological polar surface area (TPSA) is 158 Å². The van der Waals surface area contributed by atoms with Crippen LogP contribution in [0.15, 0.2) is 66.0 Å². The molecule has 1 aliphatic carbocycles. The molecule has 0 radical (unpaired) electrons. The van der Waals surface area contributed by atoms with Gasteiger partial charge in [0.25, 0.3) is 0 Å². The van der Waals surface area contributed by atoms with Crippen LogP contribution in [-0.2, 0) is 30.5 Å². The van der Waals surface area contributed by atoms with E-state index in [1.54, 1.807) is 43.1 Å². The first-order valence-corrected chi connectivity index (χ1v) is 17.9. The zero-order valence-corrected chi connectivity index (χ0v) is 31.5. The number of allylic oxidation sites excluding steroid dienone is 2. The van der Waals surface area contributed by atoms with Crippen LogP contribution in [0.2, 0.25) is 0 Å². The van der Waals surface area contributed by atoms with E-state index < -0.39 is 35.3 Å². The van der Waals surface area contributed by atoms with E-state index >= 15 is 0 Å². The van der Waals surface area contributed by atoms with Gasteiger partial charge in [0, 0.05) is 64.0 Å². The third-order valence-electron chi connectivity index (χ3n) is 10.3. The Balaban J connectivity index is 1.23. The normalized spacial score (nSPS) is 19.4. The van der Waals surface area contributed by atoms with Gasteiger partial charge in [-0.05, 0) is 24.3 Å². The van der Waals surface area contributed by atoms with Crippen molar-refractivity contribution in [3.8, 4) is 0 Å². The molecule has 1 unspecified atom stereocenters. The predicted octanol–water partition coefficient (Wildman–Crippen LogP) is 2.44. The maximum absolute atomic E-state index is 14.1. The minimum atomic E-state index is -0.910. The molecule has 2 fully saturated rings. The van der Waals surface area contributed by atoms with Crippen LogP contribution in [0.4, 0.5) is 4.79 Å². The highest BCUT2D eigenvalue weighted by atomic mass is 16.6. The van der Waals surface area contributed by atoms with Crippen molar-refractivity contribution in [2.45, 2.75) is 64.9 Å². The Kier molecular flexibility index (Phi) is 12.0. The number of piperazine rings is 1. The van der Waals surface area contributed by atoms with E-state index in [0.717, 1.165) is 5.56 Å². The number of amides is 4. The summed E-state index contributed by atoms with van der Waals surface area (Å²) in [4.78, 5) is 87.8. The van der Waals surface area contributed by atoms with Gasteiger partial charge in [0.15, 0.2) is 0 Å². The predicted molar refractivity (Wildman–Crippen MR) is 195 cm³/mol. The zero-order valence-electron chi connectivity index (χ0n) is 31.5. The smallest absolute Gasteiger partial charge is 0.410 e. The highest BCUT2D eigenvalue weighted by Crippen LogP contribution is 2.34. The number of Topliss-reactive ketones (excluding diaryl/α,β-unsaturated/α-hetero) is 2. The molecule has 53 heavy (non-hydrogen) atoms. The van der Waals surface area contributed by atoms with E-state index in [-0.39, 0.29) is 78.5 Å². The summed E-state index contributed by atoms with van der Waals surface area (Å²) in [6, 6.07) is 13.7. The van der Waals surface area contributed by atoms with Crippen molar-refractivity contribution in [3.63, 3.8) is 0 Å². The van der Waals surface area contributed by atoms with Crippen molar-refractivity contribution in [2.75, 3.05) is 54.0 Å². The van der Waals surface area contributed by atoms with Gasteiger partial charge in [-0.1, -0.05) is 75.4 Å². The van der Waals surface area contributed by atoms with E-state index in [2.05, 4.69) is 10.6 Å². The Morgan fingerprint density at radius 3 is 2.17 bits per heavy atom. The molecule has 3 aliphatic rings. The van der Waals surface area contributed by atoms with E-state index in [4.69, 9.17) is 9.47 Å². The van der Waals surface area contributed by atoms with Gasteiger partial charge in [0.05, 0.1) is 13.2 Å². The fraction of sp³-hybridized carbons (Fsp3) is 0.487. The number of rotatable bonds is 13. The summed E-state index contributed by atoms with van der Waals surface area (Å²) < 4.78 is 10.7. The Morgan fingerprint density at radius 1 is 0.943 bits per heavy atom. The molecule has 0 spiro atoms. The number of fused-ring (bicyclic) bond motifs is 3. The van der Waals surface area contributed by atoms with E-state index in [9.17, 15) is 28.8 Å². The molecule has 2 saturated heterocycles. The summed E-state index contributed by atoms with van der Waals surface area (Å²) in [5.41, 5.74) is 0.725. The Hall–Kier alpha value is -5.08. The second-order valence-electron chi connectivity index (χ2n) is 14.8. The van der Waals surface area contributed by atoms with Crippen LogP contribution < -0.4 is 10.6 Å². The lowest BCUT2D eigenvalue weighted by atomic mass is 9.85. The maximum Gasteiger partial charge on any atom is 0.410 e. The van der Waals surface area contributed by atoms with Gasteiger partial charge in [-0.25, -0.2) is 4.79 Å². The number of carbonyl (C=O) groups excluding carboxylic acids is 6. The minimum Gasteiger partial charge on any atom is -0.445 e. The maximum atomic E-state index is 14.1. The summed E-state index contributed by atoms with van der Waals surface area (Å²) >= 11 is 0.